The third-order valence-electron chi connectivity index (χ3n) is 5.66. The van der Waals surface area contributed by atoms with Crippen molar-refractivity contribution in [2.24, 2.45) is 0 Å². The highest BCUT2D eigenvalue weighted by molar-refractivity contribution is 7.89. The Kier molecular flexibility index (Phi) is 5.64. The largest absolute Gasteiger partial charge is 0.322 e. The number of rotatable bonds is 4. The van der Waals surface area contributed by atoms with E-state index in [0.29, 0.717) is 24.2 Å². The second-order valence-corrected chi connectivity index (χ2v) is 9.72. The minimum absolute atomic E-state index is 0.0662. The van der Waals surface area contributed by atoms with Crippen LogP contribution in [0.4, 0.5) is 10.1 Å². The number of nitrogens with one attached hydrogen (secondary N) is 1. The number of carbonyl (C=O) groups is 1. The van der Waals surface area contributed by atoms with Gasteiger partial charge >= 0.3 is 0 Å². The normalized spacial score (nSPS) is 14.2. The minimum Gasteiger partial charge on any atom is -0.322 e. The van der Waals surface area contributed by atoms with E-state index in [4.69, 9.17) is 0 Å². The summed E-state index contributed by atoms with van der Waals surface area (Å²) in [6.45, 7) is 4.50. The molecule has 1 aliphatic heterocycles. The Balaban J connectivity index is 1.54. The van der Waals surface area contributed by atoms with Crippen molar-refractivity contribution >= 4 is 21.6 Å². The highest BCUT2D eigenvalue weighted by atomic mass is 32.2. The van der Waals surface area contributed by atoms with Gasteiger partial charge in [-0.2, -0.15) is 4.31 Å². The van der Waals surface area contributed by atoms with E-state index in [0.717, 1.165) is 34.4 Å². The molecule has 3 aromatic rings. The lowest BCUT2D eigenvalue weighted by Gasteiger charge is -2.28. The van der Waals surface area contributed by atoms with Gasteiger partial charge in [0.1, 0.15) is 5.82 Å². The third kappa shape index (κ3) is 4.38. The number of anilines is 1. The molecule has 4 rings (SSSR count). The molecular weight excluding hydrogens is 415 g/mol. The standard InChI is InChI=1S/C24H23FN2O3S/c1-16-3-4-19(13-17(16)2)24(28)26-22-8-5-18-11-12-27(15-20(18)14-22)31(29,30)23-9-6-21(25)7-10-23/h3-10,13-14H,11-12,15H2,1-2H3,(H,26,28). The molecule has 1 aliphatic rings. The maximum atomic E-state index is 13.2. The van der Waals surface area contributed by atoms with Gasteiger partial charge in [0.25, 0.3) is 5.91 Å². The number of hydrogen-bond donors (Lipinski definition) is 1. The van der Waals surface area contributed by atoms with Crippen molar-refractivity contribution in [3.63, 3.8) is 0 Å². The van der Waals surface area contributed by atoms with Crippen LogP contribution < -0.4 is 5.32 Å². The van der Waals surface area contributed by atoms with E-state index in [9.17, 15) is 17.6 Å². The maximum absolute atomic E-state index is 13.2. The second kappa shape index (κ2) is 8.24. The van der Waals surface area contributed by atoms with Gasteiger partial charge in [0.05, 0.1) is 4.90 Å². The Morgan fingerprint density at radius 3 is 2.39 bits per heavy atom. The average Bonchev–Trinajstić information content (AvgIpc) is 2.75. The lowest BCUT2D eigenvalue weighted by Crippen LogP contribution is -2.36. The maximum Gasteiger partial charge on any atom is 0.255 e. The lowest BCUT2D eigenvalue weighted by atomic mass is 10.0. The quantitative estimate of drug-likeness (QED) is 0.655. The summed E-state index contributed by atoms with van der Waals surface area (Å²) in [5, 5.41) is 2.90. The molecule has 0 bridgehead atoms. The van der Waals surface area contributed by atoms with Crippen LogP contribution in [0.2, 0.25) is 0 Å². The Bertz CT molecular complexity index is 1250. The van der Waals surface area contributed by atoms with Crippen LogP contribution >= 0.6 is 0 Å². The summed E-state index contributed by atoms with van der Waals surface area (Å²) in [7, 11) is -3.73. The summed E-state index contributed by atoms with van der Waals surface area (Å²) in [5.74, 6) is -0.693. The number of sulfonamides is 1. The van der Waals surface area contributed by atoms with E-state index in [-0.39, 0.29) is 17.3 Å². The first kappa shape index (κ1) is 21.2. The average molecular weight is 439 g/mol. The van der Waals surface area contributed by atoms with Gasteiger partial charge in [-0.25, -0.2) is 12.8 Å². The van der Waals surface area contributed by atoms with Gasteiger partial charge < -0.3 is 5.32 Å². The molecular formula is C24H23FN2O3S. The van der Waals surface area contributed by atoms with E-state index in [1.807, 2.05) is 44.2 Å². The van der Waals surface area contributed by atoms with Crippen molar-refractivity contribution in [2.75, 3.05) is 11.9 Å². The van der Waals surface area contributed by atoms with Crippen LogP contribution in [0.15, 0.2) is 65.6 Å². The molecule has 160 valence electrons. The van der Waals surface area contributed by atoms with Crippen LogP contribution in [0, 0.1) is 19.7 Å². The molecule has 0 unspecified atom stereocenters. The Hall–Kier alpha value is -3.03. The molecule has 31 heavy (non-hydrogen) atoms. The summed E-state index contributed by atoms with van der Waals surface area (Å²) >= 11 is 0. The SMILES string of the molecule is Cc1ccc(C(=O)Nc2ccc3c(c2)CN(S(=O)(=O)c2ccc(F)cc2)CC3)cc1C. The summed E-state index contributed by atoms with van der Waals surface area (Å²) in [6, 6.07) is 16.0. The van der Waals surface area contributed by atoms with Gasteiger partial charge in [0, 0.05) is 24.3 Å². The zero-order valence-electron chi connectivity index (χ0n) is 17.4. The van der Waals surface area contributed by atoms with Gasteiger partial charge in [0.15, 0.2) is 0 Å². The minimum atomic E-state index is -3.73. The van der Waals surface area contributed by atoms with Gasteiger partial charge in [-0.1, -0.05) is 12.1 Å². The van der Waals surface area contributed by atoms with Crippen LogP contribution in [0.5, 0.6) is 0 Å². The van der Waals surface area contributed by atoms with Crippen molar-refractivity contribution in [2.45, 2.75) is 31.7 Å². The van der Waals surface area contributed by atoms with Crippen LogP contribution in [0.25, 0.3) is 0 Å². The molecule has 0 spiro atoms. The number of benzene rings is 3. The summed E-state index contributed by atoms with van der Waals surface area (Å²) in [6.07, 6.45) is 0.571. The van der Waals surface area contributed by atoms with Gasteiger partial charge in [-0.3, -0.25) is 4.79 Å². The molecule has 1 amide bonds. The first-order valence-corrected chi connectivity index (χ1v) is 11.4. The summed E-state index contributed by atoms with van der Waals surface area (Å²) in [4.78, 5) is 12.7. The fourth-order valence-corrected chi connectivity index (χ4v) is 5.07. The third-order valence-corrected chi connectivity index (χ3v) is 7.52. The summed E-state index contributed by atoms with van der Waals surface area (Å²) < 4.78 is 40.5. The van der Waals surface area contributed by atoms with E-state index in [1.165, 1.54) is 16.4 Å². The van der Waals surface area contributed by atoms with Gasteiger partial charge in [-0.15, -0.1) is 0 Å². The van der Waals surface area contributed by atoms with Crippen LogP contribution in [-0.4, -0.2) is 25.2 Å². The zero-order valence-corrected chi connectivity index (χ0v) is 18.2. The molecule has 7 heteroatoms. The Morgan fingerprint density at radius 2 is 1.68 bits per heavy atom. The van der Waals surface area contributed by atoms with E-state index in [2.05, 4.69) is 5.32 Å². The first-order chi connectivity index (χ1) is 14.7. The molecule has 0 aromatic heterocycles. The first-order valence-electron chi connectivity index (χ1n) is 10.0. The van der Waals surface area contributed by atoms with Gasteiger partial charge in [0.2, 0.25) is 10.0 Å². The Morgan fingerprint density at radius 1 is 0.935 bits per heavy atom. The molecule has 1 N–H and O–H groups in total. The molecule has 3 aromatic carbocycles. The number of aryl methyl sites for hydroxylation is 2. The molecule has 0 saturated carbocycles. The van der Waals surface area contributed by atoms with E-state index in [1.54, 1.807) is 6.07 Å². The number of hydrogen-bond acceptors (Lipinski definition) is 3. The monoisotopic (exact) mass is 438 g/mol. The molecule has 0 saturated heterocycles. The fourth-order valence-electron chi connectivity index (χ4n) is 3.66. The van der Waals surface area contributed by atoms with Crippen LogP contribution in [0.3, 0.4) is 0 Å². The van der Waals surface area contributed by atoms with Crippen LogP contribution in [0.1, 0.15) is 32.6 Å². The van der Waals surface area contributed by atoms with Crippen molar-refractivity contribution in [3.05, 3.63) is 94.3 Å². The highest BCUT2D eigenvalue weighted by Gasteiger charge is 2.28. The number of halogens is 1. The number of fused-ring (bicyclic) bond motifs is 1. The number of carbonyl (C=O) groups excluding carboxylic acids is 1. The molecule has 0 atom stereocenters. The zero-order chi connectivity index (χ0) is 22.2. The Labute approximate surface area is 181 Å². The van der Waals surface area contributed by atoms with Crippen molar-refractivity contribution in [1.82, 2.24) is 4.31 Å². The highest BCUT2D eigenvalue weighted by Crippen LogP contribution is 2.27. The predicted octanol–water partition coefficient (Wildman–Crippen LogP) is 4.44. The molecule has 0 aliphatic carbocycles. The molecule has 1 heterocycles. The topological polar surface area (TPSA) is 66.5 Å². The van der Waals surface area contributed by atoms with E-state index >= 15 is 0 Å². The number of nitrogens with zero attached hydrogens (tertiary/aromatic N) is 1. The van der Waals surface area contributed by atoms with Crippen molar-refractivity contribution < 1.29 is 17.6 Å². The summed E-state index contributed by atoms with van der Waals surface area (Å²) in [5.41, 5.74) is 5.24. The number of amides is 1. The second-order valence-electron chi connectivity index (χ2n) is 7.78. The predicted molar refractivity (Wildman–Crippen MR) is 118 cm³/mol. The molecule has 5 nitrogen and oxygen atoms in total. The van der Waals surface area contributed by atoms with Crippen molar-refractivity contribution in [1.29, 1.82) is 0 Å². The smallest absolute Gasteiger partial charge is 0.255 e. The molecule has 0 radical (unpaired) electrons. The van der Waals surface area contributed by atoms with Crippen LogP contribution in [-0.2, 0) is 23.0 Å². The molecule has 0 fully saturated rings. The van der Waals surface area contributed by atoms with E-state index < -0.39 is 15.8 Å². The van der Waals surface area contributed by atoms with Crippen molar-refractivity contribution in [3.8, 4) is 0 Å². The fraction of sp³-hybridized carbons (Fsp3) is 0.208. The lowest BCUT2D eigenvalue weighted by molar-refractivity contribution is 0.102. The van der Waals surface area contributed by atoms with Gasteiger partial charge in [-0.05, 0) is 91.1 Å².